The van der Waals surface area contributed by atoms with Crippen LogP contribution in [0.3, 0.4) is 0 Å². The fraction of sp³-hybridized carbons (Fsp3) is 0. The average Bonchev–Trinajstić information content (AvgIpc) is 2.58. The zero-order valence-corrected chi connectivity index (χ0v) is 10.8. The molecule has 0 amide bonds. The first-order chi connectivity index (χ1) is 7.27. The highest BCUT2D eigenvalue weighted by Gasteiger charge is 2.11. The number of halogens is 2. The Labute approximate surface area is 103 Å². The van der Waals surface area contributed by atoms with Gasteiger partial charge >= 0.3 is 0 Å². The summed E-state index contributed by atoms with van der Waals surface area (Å²) in [5.41, 5.74) is 1.82. The number of fused-ring (bicyclic) bond motifs is 3. The topological polar surface area (TPSA) is 13.1 Å². The lowest BCUT2D eigenvalue weighted by Gasteiger charge is -1.94. The lowest BCUT2D eigenvalue weighted by atomic mass is 10.1. The van der Waals surface area contributed by atoms with Crippen LogP contribution < -0.4 is 0 Å². The molecule has 1 aromatic heterocycles. The van der Waals surface area contributed by atoms with E-state index in [2.05, 4.69) is 31.9 Å². The highest BCUT2D eigenvalue weighted by Crippen LogP contribution is 2.37. The van der Waals surface area contributed by atoms with Crippen LogP contribution >= 0.6 is 31.9 Å². The highest BCUT2D eigenvalue weighted by atomic mass is 79.9. The predicted octanol–water partition coefficient (Wildman–Crippen LogP) is 5.11. The summed E-state index contributed by atoms with van der Waals surface area (Å²) in [6.07, 6.45) is 0. The van der Waals surface area contributed by atoms with Gasteiger partial charge in [-0.15, -0.1) is 0 Å². The smallest absolute Gasteiger partial charge is 0.136 e. The summed E-state index contributed by atoms with van der Waals surface area (Å²) in [6.45, 7) is 0. The summed E-state index contributed by atoms with van der Waals surface area (Å²) >= 11 is 7.10. The Morgan fingerprint density at radius 3 is 1.67 bits per heavy atom. The maximum Gasteiger partial charge on any atom is 0.136 e. The average molecular weight is 326 g/mol. The molecule has 0 unspecified atom stereocenters. The van der Waals surface area contributed by atoms with Crippen LogP contribution in [0, 0.1) is 0 Å². The van der Waals surface area contributed by atoms with E-state index in [-0.39, 0.29) is 0 Å². The fourth-order valence-electron chi connectivity index (χ4n) is 1.78. The molecule has 0 aliphatic heterocycles. The van der Waals surface area contributed by atoms with Gasteiger partial charge in [-0.05, 0) is 24.3 Å². The quantitative estimate of drug-likeness (QED) is 0.559. The van der Waals surface area contributed by atoms with Gasteiger partial charge in [-0.2, -0.15) is 0 Å². The second-order valence-corrected chi connectivity index (χ2v) is 5.04. The lowest BCUT2D eigenvalue weighted by Crippen LogP contribution is -1.70. The van der Waals surface area contributed by atoms with Crippen molar-refractivity contribution < 1.29 is 4.42 Å². The Balaban J connectivity index is 2.67. The van der Waals surface area contributed by atoms with Crippen LogP contribution in [-0.4, -0.2) is 0 Å². The van der Waals surface area contributed by atoms with Crippen LogP contribution in [0.2, 0.25) is 0 Å². The Morgan fingerprint density at radius 1 is 0.733 bits per heavy atom. The fourth-order valence-corrected chi connectivity index (χ4v) is 2.88. The SMILES string of the molecule is Brc1cccc2oc3cccc(Br)c3c12. The van der Waals surface area contributed by atoms with Crippen LogP contribution in [0.25, 0.3) is 21.9 Å². The van der Waals surface area contributed by atoms with Crippen LogP contribution in [0.15, 0.2) is 49.8 Å². The first kappa shape index (κ1) is 9.43. The monoisotopic (exact) mass is 324 g/mol. The van der Waals surface area contributed by atoms with Crippen LogP contribution in [-0.2, 0) is 0 Å². The molecule has 0 fully saturated rings. The van der Waals surface area contributed by atoms with E-state index >= 15 is 0 Å². The third-order valence-corrected chi connectivity index (χ3v) is 3.74. The first-order valence-corrected chi connectivity index (χ1v) is 6.11. The molecule has 0 N–H and O–H groups in total. The number of hydrogen-bond acceptors (Lipinski definition) is 1. The number of hydrogen-bond donors (Lipinski definition) is 0. The molecule has 0 aliphatic rings. The van der Waals surface area contributed by atoms with E-state index in [9.17, 15) is 0 Å². The predicted molar refractivity (Wildman–Crippen MR) is 69.1 cm³/mol. The van der Waals surface area contributed by atoms with Gasteiger partial charge < -0.3 is 4.42 Å². The molecular weight excluding hydrogens is 320 g/mol. The molecule has 0 saturated heterocycles. The van der Waals surface area contributed by atoms with Crippen molar-refractivity contribution in [2.45, 2.75) is 0 Å². The molecule has 2 aromatic carbocycles. The maximum absolute atomic E-state index is 5.75. The van der Waals surface area contributed by atoms with Crippen LogP contribution in [0.4, 0.5) is 0 Å². The van der Waals surface area contributed by atoms with Gasteiger partial charge in [0.2, 0.25) is 0 Å². The van der Waals surface area contributed by atoms with Crippen molar-refractivity contribution in [1.29, 1.82) is 0 Å². The first-order valence-electron chi connectivity index (χ1n) is 4.52. The third kappa shape index (κ3) is 1.34. The van der Waals surface area contributed by atoms with Gasteiger partial charge in [-0.1, -0.05) is 44.0 Å². The molecule has 0 aliphatic carbocycles. The molecule has 1 heterocycles. The zero-order valence-electron chi connectivity index (χ0n) is 7.63. The second-order valence-electron chi connectivity index (χ2n) is 3.33. The molecular formula is C12H6Br2O. The van der Waals surface area contributed by atoms with Gasteiger partial charge in [0.25, 0.3) is 0 Å². The van der Waals surface area contributed by atoms with Gasteiger partial charge in [0.15, 0.2) is 0 Å². The van der Waals surface area contributed by atoms with Gasteiger partial charge in [-0.3, -0.25) is 0 Å². The minimum atomic E-state index is 0.909. The Morgan fingerprint density at radius 2 is 1.20 bits per heavy atom. The van der Waals surface area contributed by atoms with Gasteiger partial charge in [0.05, 0.1) is 0 Å². The number of furan rings is 1. The summed E-state index contributed by atoms with van der Waals surface area (Å²) in [7, 11) is 0. The Hall–Kier alpha value is -0.800. The van der Waals surface area contributed by atoms with Crippen LogP contribution in [0.1, 0.15) is 0 Å². The van der Waals surface area contributed by atoms with Crippen molar-refractivity contribution in [1.82, 2.24) is 0 Å². The standard InChI is InChI=1S/C12H6Br2O/c13-7-3-1-5-9-11(7)12-8(14)4-2-6-10(12)15-9/h1-6H. The Kier molecular flexibility index (Phi) is 2.11. The third-order valence-electron chi connectivity index (χ3n) is 2.42. The highest BCUT2D eigenvalue weighted by molar-refractivity contribution is 9.11. The van der Waals surface area contributed by atoms with E-state index in [0.29, 0.717) is 0 Å². The summed E-state index contributed by atoms with van der Waals surface area (Å²) < 4.78 is 7.88. The molecule has 15 heavy (non-hydrogen) atoms. The Bertz CT molecular complexity index is 599. The van der Waals surface area contributed by atoms with Crippen molar-refractivity contribution in [3.63, 3.8) is 0 Å². The van der Waals surface area contributed by atoms with Gasteiger partial charge in [0, 0.05) is 19.7 Å². The maximum atomic E-state index is 5.75. The largest absolute Gasteiger partial charge is 0.456 e. The van der Waals surface area contributed by atoms with Crippen molar-refractivity contribution in [3.05, 3.63) is 45.3 Å². The van der Waals surface area contributed by atoms with Crippen molar-refractivity contribution in [2.75, 3.05) is 0 Å². The van der Waals surface area contributed by atoms with Crippen molar-refractivity contribution in [3.8, 4) is 0 Å². The second kappa shape index (κ2) is 3.35. The van der Waals surface area contributed by atoms with Crippen molar-refractivity contribution in [2.24, 2.45) is 0 Å². The molecule has 0 spiro atoms. The van der Waals surface area contributed by atoms with E-state index in [1.54, 1.807) is 0 Å². The summed E-state index contributed by atoms with van der Waals surface area (Å²) in [5, 5.41) is 2.25. The molecule has 3 heteroatoms. The van der Waals surface area contributed by atoms with Gasteiger partial charge in [0.1, 0.15) is 11.2 Å². The van der Waals surface area contributed by atoms with Crippen molar-refractivity contribution >= 4 is 53.8 Å². The molecule has 0 bridgehead atoms. The molecule has 0 atom stereocenters. The van der Waals surface area contributed by atoms with E-state index in [1.807, 2.05) is 36.4 Å². The summed E-state index contributed by atoms with van der Waals surface area (Å²) in [6, 6.07) is 12.0. The van der Waals surface area contributed by atoms with Gasteiger partial charge in [-0.25, -0.2) is 0 Å². The zero-order chi connectivity index (χ0) is 10.4. The normalized spacial score (nSPS) is 11.3. The van der Waals surface area contributed by atoms with Crippen LogP contribution in [0.5, 0.6) is 0 Å². The number of rotatable bonds is 0. The molecule has 1 nitrogen and oxygen atoms in total. The molecule has 3 aromatic rings. The van der Waals surface area contributed by atoms with E-state index in [4.69, 9.17) is 4.42 Å². The molecule has 3 rings (SSSR count). The van der Waals surface area contributed by atoms with E-state index in [0.717, 1.165) is 30.9 Å². The minimum absolute atomic E-state index is 0.909. The summed E-state index contributed by atoms with van der Waals surface area (Å²) in [4.78, 5) is 0. The van der Waals surface area contributed by atoms with E-state index in [1.165, 1.54) is 0 Å². The molecule has 74 valence electrons. The molecule has 0 radical (unpaired) electrons. The van der Waals surface area contributed by atoms with E-state index < -0.39 is 0 Å². The molecule has 0 saturated carbocycles. The minimum Gasteiger partial charge on any atom is -0.456 e. The number of benzene rings is 2. The summed E-state index contributed by atoms with van der Waals surface area (Å²) in [5.74, 6) is 0. The lowest BCUT2D eigenvalue weighted by molar-refractivity contribution is 0.669.